The Labute approximate surface area is 113 Å². The van der Waals surface area contributed by atoms with Gasteiger partial charge in [-0.15, -0.1) is 0 Å². The first-order valence-electron chi connectivity index (χ1n) is 6.36. The molecule has 0 spiro atoms. The van der Waals surface area contributed by atoms with E-state index in [2.05, 4.69) is 4.98 Å². The minimum Gasteiger partial charge on any atom is -0.478 e. The molecule has 1 aromatic carbocycles. The molecule has 0 aliphatic rings. The van der Waals surface area contributed by atoms with Crippen LogP contribution in [-0.2, 0) is 5.41 Å². The lowest BCUT2D eigenvalue weighted by Crippen LogP contribution is -2.16. The second-order valence-electron chi connectivity index (χ2n) is 6.03. The normalized spacial score (nSPS) is 11.8. The molecule has 0 aliphatic heterocycles. The summed E-state index contributed by atoms with van der Waals surface area (Å²) < 4.78 is 0. The molecule has 0 saturated heterocycles. The first kappa shape index (κ1) is 13.5. The number of hydrogen-bond donors (Lipinski definition) is 1. The highest BCUT2D eigenvalue weighted by Gasteiger charge is 2.21. The topological polar surface area (TPSA) is 50.2 Å². The lowest BCUT2D eigenvalue weighted by molar-refractivity contribution is 0.0698. The molecule has 0 aliphatic carbocycles. The van der Waals surface area contributed by atoms with Crippen molar-refractivity contribution in [2.75, 3.05) is 0 Å². The zero-order chi connectivity index (χ0) is 14.4. The molecule has 0 amide bonds. The van der Waals surface area contributed by atoms with Crippen LogP contribution in [0.3, 0.4) is 0 Å². The fourth-order valence-corrected chi connectivity index (χ4v) is 2.19. The van der Waals surface area contributed by atoms with E-state index in [-0.39, 0.29) is 5.41 Å². The first-order valence-corrected chi connectivity index (χ1v) is 6.36. The summed E-state index contributed by atoms with van der Waals surface area (Å²) in [5.74, 6) is -0.897. The lowest BCUT2D eigenvalue weighted by Gasteiger charge is -2.20. The molecule has 0 saturated carbocycles. The number of nitrogens with zero attached hydrogens (tertiary/aromatic N) is 1. The summed E-state index contributed by atoms with van der Waals surface area (Å²) in [6, 6.07) is 5.64. The van der Waals surface area contributed by atoms with Crippen molar-refractivity contribution in [3.63, 3.8) is 0 Å². The summed E-state index contributed by atoms with van der Waals surface area (Å²) in [6.07, 6.45) is 0. The first-order chi connectivity index (χ1) is 8.71. The maximum Gasteiger partial charge on any atom is 0.336 e. The van der Waals surface area contributed by atoms with E-state index in [0.29, 0.717) is 5.56 Å². The van der Waals surface area contributed by atoms with Crippen molar-refractivity contribution in [1.29, 1.82) is 0 Å². The molecule has 0 bridgehead atoms. The third-order valence-electron chi connectivity index (χ3n) is 3.37. The maximum atomic E-state index is 11.5. The number of carboxylic acid groups (broad SMARTS) is 1. The van der Waals surface area contributed by atoms with Crippen LogP contribution in [0.15, 0.2) is 18.2 Å². The molecule has 1 heterocycles. The molecule has 3 heteroatoms. The van der Waals surface area contributed by atoms with Crippen molar-refractivity contribution in [3.8, 4) is 0 Å². The van der Waals surface area contributed by atoms with Crippen LogP contribution < -0.4 is 0 Å². The van der Waals surface area contributed by atoms with Crippen molar-refractivity contribution in [2.24, 2.45) is 0 Å². The van der Waals surface area contributed by atoms with Crippen molar-refractivity contribution < 1.29 is 9.90 Å². The monoisotopic (exact) mass is 257 g/mol. The van der Waals surface area contributed by atoms with Gasteiger partial charge in [0.15, 0.2) is 0 Å². The van der Waals surface area contributed by atoms with Crippen LogP contribution in [0.25, 0.3) is 10.9 Å². The van der Waals surface area contributed by atoms with Gasteiger partial charge in [0.25, 0.3) is 0 Å². The second-order valence-corrected chi connectivity index (χ2v) is 6.03. The highest BCUT2D eigenvalue weighted by Crippen LogP contribution is 2.29. The smallest absolute Gasteiger partial charge is 0.336 e. The van der Waals surface area contributed by atoms with Gasteiger partial charge in [-0.3, -0.25) is 4.98 Å². The Morgan fingerprint density at radius 3 is 2.26 bits per heavy atom. The molecule has 3 nitrogen and oxygen atoms in total. The molecular weight excluding hydrogens is 238 g/mol. The second kappa shape index (κ2) is 4.34. The fraction of sp³-hybridized carbons (Fsp3) is 0.375. The third-order valence-corrected chi connectivity index (χ3v) is 3.37. The fourth-order valence-electron chi connectivity index (χ4n) is 2.19. The van der Waals surface area contributed by atoms with Crippen LogP contribution in [0.4, 0.5) is 0 Å². The zero-order valence-electron chi connectivity index (χ0n) is 12.0. The lowest BCUT2D eigenvalue weighted by atomic mass is 9.89. The Kier molecular flexibility index (Phi) is 3.09. The van der Waals surface area contributed by atoms with E-state index in [9.17, 15) is 9.90 Å². The predicted molar refractivity (Wildman–Crippen MR) is 76.9 cm³/mol. The maximum absolute atomic E-state index is 11.5. The van der Waals surface area contributed by atoms with Gasteiger partial charge in [-0.05, 0) is 31.0 Å². The van der Waals surface area contributed by atoms with Crippen molar-refractivity contribution in [3.05, 3.63) is 40.6 Å². The molecular formula is C16H19NO2. The van der Waals surface area contributed by atoms with Crippen LogP contribution in [-0.4, -0.2) is 16.1 Å². The summed E-state index contributed by atoms with van der Waals surface area (Å²) in [7, 11) is 0. The summed E-state index contributed by atoms with van der Waals surface area (Å²) in [6.45, 7) is 10.0. The molecule has 0 radical (unpaired) electrons. The summed E-state index contributed by atoms with van der Waals surface area (Å²) in [5, 5.41) is 10.2. The van der Waals surface area contributed by atoms with Gasteiger partial charge in [-0.25, -0.2) is 4.79 Å². The van der Waals surface area contributed by atoms with Crippen LogP contribution in [0, 0.1) is 13.8 Å². The Morgan fingerprint density at radius 2 is 1.74 bits per heavy atom. The van der Waals surface area contributed by atoms with Gasteiger partial charge >= 0.3 is 5.97 Å². The number of carboxylic acids is 1. The predicted octanol–water partition coefficient (Wildman–Crippen LogP) is 3.85. The van der Waals surface area contributed by atoms with Gasteiger partial charge in [0.2, 0.25) is 0 Å². The van der Waals surface area contributed by atoms with E-state index >= 15 is 0 Å². The van der Waals surface area contributed by atoms with Crippen molar-refractivity contribution in [1.82, 2.24) is 4.98 Å². The summed E-state index contributed by atoms with van der Waals surface area (Å²) in [4.78, 5) is 16.2. The van der Waals surface area contributed by atoms with Gasteiger partial charge in [0.05, 0.1) is 11.1 Å². The molecule has 0 unspecified atom stereocenters. The molecule has 0 atom stereocenters. The van der Waals surface area contributed by atoms with Crippen molar-refractivity contribution >= 4 is 16.9 Å². The van der Waals surface area contributed by atoms with Gasteiger partial charge < -0.3 is 5.11 Å². The molecule has 2 rings (SSSR count). The average Bonchev–Trinajstić information content (AvgIpc) is 2.31. The Hall–Kier alpha value is -1.90. The van der Waals surface area contributed by atoms with E-state index in [1.165, 1.54) is 0 Å². The zero-order valence-corrected chi connectivity index (χ0v) is 12.0. The van der Waals surface area contributed by atoms with Crippen LogP contribution in [0.5, 0.6) is 0 Å². The highest BCUT2D eigenvalue weighted by atomic mass is 16.4. The summed E-state index contributed by atoms with van der Waals surface area (Å²) >= 11 is 0. The molecule has 0 fully saturated rings. The number of aromatic nitrogens is 1. The Bertz CT molecular complexity index is 666. The van der Waals surface area contributed by atoms with E-state index in [4.69, 9.17) is 0 Å². The minimum atomic E-state index is -0.897. The largest absolute Gasteiger partial charge is 0.478 e. The number of benzene rings is 1. The van der Waals surface area contributed by atoms with E-state index in [0.717, 1.165) is 27.7 Å². The standard InChI is InChI=1S/C16H19NO2/c1-9-6-7-10(2)14-13(9)11(15(18)19)8-12(17-14)16(3,4)5/h6-8H,1-5H3,(H,18,19). The number of aryl methyl sites for hydroxylation is 2. The average molecular weight is 257 g/mol. The van der Waals surface area contributed by atoms with E-state index < -0.39 is 5.97 Å². The van der Waals surface area contributed by atoms with Crippen LogP contribution in [0.1, 0.15) is 48.0 Å². The SMILES string of the molecule is Cc1ccc(C)c2c(C(=O)O)cc(C(C)(C)C)nc12. The van der Waals surface area contributed by atoms with Gasteiger partial charge in [0.1, 0.15) is 0 Å². The van der Waals surface area contributed by atoms with Crippen LogP contribution in [0.2, 0.25) is 0 Å². The van der Waals surface area contributed by atoms with E-state index in [1.54, 1.807) is 6.07 Å². The van der Waals surface area contributed by atoms with Gasteiger partial charge in [-0.2, -0.15) is 0 Å². The van der Waals surface area contributed by atoms with Crippen molar-refractivity contribution in [2.45, 2.75) is 40.0 Å². The number of rotatable bonds is 1. The number of hydrogen-bond acceptors (Lipinski definition) is 2. The van der Waals surface area contributed by atoms with Gasteiger partial charge in [-0.1, -0.05) is 32.9 Å². The number of aromatic carboxylic acids is 1. The summed E-state index contributed by atoms with van der Waals surface area (Å²) in [5.41, 5.74) is 3.74. The van der Waals surface area contributed by atoms with E-state index in [1.807, 2.05) is 46.8 Å². The Balaban J connectivity index is 2.96. The highest BCUT2D eigenvalue weighted by molar-refractivity contribution is 6.04. The third kappa shape index (κ3) is 2.33. The number of carbonyl (C=O) groups is 1. The quantitative estimate of drug-likeness (QED) is 0.844. The molecule has 2 aromatic rings. The van der Waals surface area contributed by atoms with Gasteiger partial charge in [0, 0.05) is 16.5 Å². The number of pyridine rings is 1. The Morgan fingerprint density at radius 1 is 1.16 bits per heavy atom. The molecule has 100 valence electrons. The minimum absolute atomic E-state index is 0.172. The molecule has 19 heavy (non-hydrogen) atoms. The molecule has 1 N–H and O–H groups in total. The molecule has 1 aromatic heterocycles. The number of fused-ring (bicyclic) bond motifs is 1. The van der Waals surface area contributed by atoms with Crippen LogP contribution >= 0.6 is 0 Å².